The molecular weight excluding hydrogens is 346 g/mol. The van der Waals surface area contributed by atoms with Gasteiger partial charge in [-0.25, -0.2) is 14.5 Å². The summed E-state index contributed by atoms with van der Waals surface area (Å²) in [6.45, 7) is 0.279. The third kappa shape index (κ3) is 3.56. The molecule has 1 atom stereocenters. The van der Waals surface area contributed by atoms with Crippen LogP contribution in [0.3, 0.4) is 0 Å². The fourth-order valence-corrected chi connectivity index (χ4v) is 3.03. The lowest BCUT2D eigenvalue weighted by Crippen LogP contribution is -2.24. The quantitative estimate of drug-likeness (QED) is 0.674. The monoisotopic (exact) mass is 367 g/mol. The van der Waals surface area contributed by atoms with Crippen molar-refractivity contribution in [2.24, 2.45) is 0 Å². The number of methoxy groups -OCH3 is 1. The van der Waals surface area contributed by atoms with Gasteiger partial charge in [0.1, 0.15) is 6.10 Å². The number of nitrogens with zero attached hydrogens (tertiary/aromatic N) is 3. The summed E-state index contributed by atoms with van der Waals surface area (Å²) < 4.78 is 12.1. The molecule has 1 aliphatic rings. The Morgan fingerprint density at radius 1 is 1.30 bits per heavy atom. The number of carbonyl (C=O) groups excluding carboxylic acids is 1. The fraction of sp³-hybridized carbons (Fsp3) is 0.350. The molecule has 3 aromatic rings. The first kappa shape index (κ1) is 17.6. The first-order valence-electron chi connectivity index (χ1n) is 8.98. The van der Waals surface area contributed by atoms with Gasteiger partial charge in [0.2, 0.25) is 0 Å². The van der Waals surface area contributed by atoms with Crippen LogP contribution in [0, 0.1) is 0 Å². The van der Waals surface area contributed by atoms with Crippen LogP contribution in [0.4, 0.5) is 0 Å². The number of esters is 1. The van der Waals surface area contributed by atoms with Gasteiger partial charge in [-0.15, -0.1) is 0 Å². The lowest BCUT2D eigenvalue weighted by Gasteiger charge is -2.26. The molecule has 7 nitrogen and oxygen atoms in total. The number of rotatable bonds is 6. The van der Waals surface area contributed by atoms with Gasteiger partial charge in [0.25, 0.3) is 0 Å². The van der Waals surface area contributed by atoms with Crippen LogP contribution in [0.5, 0.6) is 0 Å². The topological polar surface area (TPSA) is 86.5 Å². The molecule has 0 spiro atoms. The first-order valence-corrected chi connectivity index (χ1v) is 8.98. The van der Waals surface area contributed by atoms with Gasteiger partial charge in [-0.3, -0.25) is 0 Å². The van der Waals surface area contributed by atoms with E-state index >= 15 is 0 Å². The van der Waals surface area contributed by atoms with E-state index in [1.807, 2.05) is 6.07 Å². The highest BCUT2D eigenvalue weighted by atomic mass is 16.5. The second kappa shape index (κ2) is 7.46. The number of hydrogen-bond acceptors (Lipinski definition) is 6. The van der Waals surface area contributed by atoms with Crippen LogP contribution in [0.25, 0.3) is 16.7 Å². The molecule has 1 aromatic carbocycles. The molecule has 0 saturated heterocycles. The maximum atomic E-state index is 11.6. The van der Waals surface area contributed by atoms with Crippen LogP contribution in [-0.4, -0.2) is 45.7 Å². The molecule has 1 fully saturated rings. The average molecular weight is 367 g/mol. The van der Waals surface area contributed by atoms with Gasteiger partial charge in [-0.2, -0.15) is 5.10 Å². The van der Waals surface area contributed by atoms with Gasteiger partial charge in [0.05, 0.1) is 37.3 Å². The molecule has 2 heterocycles. The van der Waals surface area contributed by atoms with E-state index < -0.39 is 6.10 Å². The van der Waals surface area contributed by atoms with Crippen LogP contribution >= 0.6 is 0 Å². The number of hydrogen-bond donors (Lipinski definition) is 1. The van der Waals surface area contributed by atoms with Crippen LogP contribution in [0.2, 0.25) is 0 Å². The Balaban J connectivity index is 1.54. The maximum absolute atomic E-state index is 11.6. The molecule has 27 heavy (non-hydrogen) atoms. The summed E-state index contributed by atoms with van der Waals surface area (Å²) in [5, 5.41) is 15.6. The Hall–Kier alpha value is -2.77. The number of pyridine rings is 1. The summed E-state index contributed by atoms with van der Waals surface area (Å²) in [6, 6.07) is 8.82. The first-order chi connectivity index (χ1) is 13.2. The van der Waals surface area contributed by atoms with Crippen molar-refractivity contribution in [2.45, 2.75) is 31.5 Å². The second-order valence-electron chi connectivity index (χ2n) is 6.68. The summed E-state index contributed by atoms with van der Waals surface area (Å²) >= 11 is 0. The number of carbonyl (C=O) groups is 1. The maximum Gasteiger partial charge on any atom is 0.337 e. The number of aromatic nitrogens is 3. The summed E-state index contributed by atoms with van der Waals surface area (Å²) in [4.78, 5) is 16.0. The summed E-state index contributed by atoms with van der Waals surface area (Å²) in [5.41, 5.74) is 2.65. The molecule has 0 radical (unpaired) electrons. The lowest BCUT2D eigenvalue weighted by molar-refractivity contribution is -0.0427. The molecule has 0 aliphatic heterocycles. The molecule has 1 aliphatic carbocycles. The van der Waals surface area contributed by atoms with E-state index in [9.17, 15) is 9.90 Å². The zero-order valence-corrected chi connectivity index (χ0v) is 15.0. The third-order valence-electron chi connectivity index (χ3n) is 4.89. The summed E-state index contributed by atoms with van der Waals surface area (Å²) in [7, 11) is 1.35. The van der Waals surface area contributed by atoms with Crippen molar-refractivity contribution < 1.29 is 19.4 Å². The SMILES string of the molecule is COC(=O)c1ccc(-n2ncc3cc(C(O)COC4CCC4)cnc32)cc1. The van der Waals surface area contributed by atoms with Crippen LogP contribution in [-0.2, 0) is 9.47 Å². The molecule has 0 bridgehead atoms. The Kier molecular flexibility index (Phi) is 4.87. The van der Waals surface area contributed by atoms with E-state index in [1.165, 1.54) is 13.5 Å². The predicted molar refractivity (Wildman–Crippen MR) is 98.8 cm³/mol. The van der Waals surface area contributed by atoms with Crippen molar-refractivity contribution in [1.29, 1.82) is 0 Å². The standard InChI is InChI=1S/C20H21N3O4/c1-26-20(25)13-5-7-16(8-6-13)23-19-15(11-22-23)9-14(10-21-19)18(24)12-27-17-3-2-4-17/h5-11,17-18,24H,2-4,12H2,1H3. The number of fused-ring (bicyclic) bond motifs is 1. The lowest BCUT2D eigenvalue weighted by atomic mass is 9.96. The Morgan fingerprint density at radius 2 is 2.07 bits per heavy atom. The molecule has 1 saturated carbocycles. The van der Waals surface area contributed by atoms with Crippen molar-refractivity contribution in [3.8, 4) is 5.69 Å². The van der Waals surface area contributed by atoms with E-state index in [1.54, 1.807) is 41.3 Å². The average Bonchev–Trinajstić information content (AvgIpc) is 3.09. The van der Waals surface area contributed by atoms with E-state index in [0.717, 1.165) is 23.9 Å². The number of aliphatic hydroxyl groups is 1. The zero-order chi connectivity index (χ0) is 18.8. The van der Waals surface area contributed by atoms with Gasteiger partial charge in [-0.05, 0) is 49.6 Å². The minimum Gasteiger partial charge on any atom is -0.465 e. The van der Waals surface area contributed by atoms with Gasteiger partial charge < -0.3 is 14.6 Å². The van der Waals surface area contributed by atoms with E-state index in [-0.39, 0.29) is 18.7 Å². The summed E-state index contributed by atoms with van der Waals surface area (Å²) in [6.07, 6.45) is 6.29. The summed E-state index contributed by atoms with van der Waals surface area (Å²) in [5.74, 6) is -0.382. The molecule has 140 valence electrons. The number of ether oxygens (including phenoxy) is 2. The second-order valence-corrected chi connectivity index (χ2v) is 6.68. The largest absolute Gasteiger partial charge is 0.465 e. The van der Waals surface area contributed by atoms with Crippen molar-refractivity contribution >= 4 is 17.0 Å². The van der Waals surface area contributed by atoms with E-state index in [4.69, 9.17) is 9.47 Å². The Labute approximate surface area is 156 Å². The fourth-order valence-electron chi connectivity index (χ4n) is 3.03. The Morgan fingerprint density at radius 3 is 2.74 bits per heavy atom. The molecular formula is C20H21N3O4. The predicted octanol–water partition coefficient (Wildman–Crippen LogP) is 2.81. The minimum atomic E-state index is -0.704. The van der Waals surface area contributed by atoms with Crippen molar-refractivity contribution in [3.63, 3.8) is 0 Å². The van der Waals surface area contributed by atoms with Crippen molar-refractivity contribution in [1.82, 2.24) is 14.8 Å². The van der Waals surface area contributed by atoms with E-state index in [0.29, 0.717) is 16.8 Å². The van der Waals surface area contributed by atoms with E-state index in [2.05, 4.69) is 10.1 Å². The van der Waals surface area contributed by atoms with Gasteiger partial charge in [0, 0.05) is 17.1 Å². The smallest absolute Gasteiger partial charge is 0.337 e. The highest BCUT2D eigenvalue weighted by Crippen LogP contribution is 2.25. The molecule has 1 N–H and O–H groups in total. The Bertz CT molecular complexity index is 948. The zero-order valence-electron chi connectivity index (χ0n) is 15.0. The highest BCUT2D eigenvalue weighted by Gasteiger charge is 2.20. The van der Waals surface area contributed by atoms with Gasteiger partial charge >= 0.3 is 5.97 Å². The highest BCUT2D eigenvalue weighted by molar-refractivity contribution is 5.89. The number of aliphatic hydroxyl groups excluding tert-OH is 1. The molecule has 0 amide bonds. The molecule has 1 unspecified atom stereocenters. The van der Waals surface area contributed by atoms with Crippen LogP contribution in [0.1, 0.15) is 41.3 Å². The van der Waals surface area contributed by atoms with Crippen LogP contribution < -0.4 is 0 Å². The van der Waals surface area contributed by atoms with Crippen molar-refractivity contribution in [3.05, 3.63) is 53.9 Å². The van der Waals surface area contributed by atoms with Crippen molar-refractivity contribution in [2.75, 3.05) is 13.7 Å². The third-order valence-corrected chi connectivity index (χ3v) is 4.89. The molecule has 7 heteroatoms. The normalized spacial score (nSPS) is 15.5. The van der Waals surface area contributed by atoms with Gasteiger partial charge in [0.15, 0.2) is 5.65 Å². The molecule has 4 rings (SSSR count). The number of benzene rings is 1. The molecule has 2 aromatic heterocycles. The van der Waals surface area contributed by atoms with Gasteiger partial charge in [-0.1, -0.05) is 0 Å². The minimum absolute atomic E-state index is 0.279. The van der Waals surface area contributed by atoms with Crippen LogP contribution in [0.15, 0.2) is 42.7 Å².